The minimum Gasteiger partial charge on any atom is -0.461 e. The van der Waals surface area contributed by atoms with Crippen molar-refractivity contribution in [2.24, 2.45) is 17.8 Å². The summed E-state index contributed by atoms with van der Waals surface area (Å²) < 4.78 is 5.63. The number of nitriles is 1. The fourth-order valence-corrected chi connectivity index (χ4v) is 4.71. The molecular weight excluding hydrogens is 354 g/mol. The molecule has 1 aromatic rings. The van der Waals surface area contributed by atoms with Crippen molar-refractivity contribution in [1.82, 2.24) is 10.2 Å². The average Bonchev–Trinajstić information content (AvgIpc) is 3.32. The standard InChI is InChI=1S/C22H29N3O3/c1-15(21(26)25(2)12-6-11-23)24-20-18-10-9-17(13-18)19(20)22(27)28-14-16-7-4-3-5-8-16/h3-5,7-8,15,17-20,24H,6,9-10,12-14H2,1-2H3/t15-,17-,18-,19+,20-/m0/s1. The number of amides is 1. The van der Waals surface area contributed by atoms with E-state index in [1.165, 1.54) is 0 Å². The lowest BCUT2D eigenvalue weighted by Crippen LogP contribution is -2.53. The number of carbonyl (C=O) groups is 2. The molecule has 1 aromatic carbocycles. The van der Waals surface area contributed by atoms with Gasteiger partial charge in [-0.3, -0.25) is 9.59 Å². The number of hydrogen-bond acceptors (Lipinski definition) is 5. The molecule has 0 saturated heterocycles. The molecule has 5 atom stereocenters. The Labute approximate surface area is 166 Å². The molecule has 6 nitrogen and oxygen atoms in total. The first-order valence-corrected chi connectivity index (χ1v) is 10.1. The van der Waals surface area contributed by atoms with E-state index in [2.05, 4.69) is 11.4 Å². The summed E-state index contributed by atoms with van der Waals surface area (Å²) in [5, 5.41) is 12.1. The van der Waals surface area contributed by atoms with E-state index in [0.29, 0.717) is 24.8 Å². The van der Waals surface area contributed by atoms with Crippen LogP contribution in [0, 0.1) is 29.1 Å². The predicted octanol–water partition coefficient (Wildman–Crippen LogP) is 2.49. The van der Waals surface area contributed by atoms with Crippen molar-refractivity contribution in [2.75, 3.05) is 13.6 Å². The van der Waals surface area contributed by atoms with Crippen molar-refractivity contribution >= 4 is 11.9 Å². The Morgan fingerprint density at radius 3 is 2.71 bits per heavy atom. The first kappa shape index (κ1) is 20.3. The fourth-order valence-electron chi connectivity index (χ4n) is 4.71. The number of hydrogen-bond donors (Lipinski definition) is 1. The second kappa shape index (κ2) is 9.20. The number of likely N-dealkylation sites (N-methyl/N-ethyl adjacent to an activating group) is 1. The van der Waals surface area contributed by atoms with Crippen molar-refractivity contribution in [1.29, 1.82) is 5.26 Å². The number of esters is 1. The second-order valence-corrected chi connectivity index (χ2v) is 8.03. The molecule has 0 heterocycles. The van der Waals surface area contributed by atoms with Crippen LogP contribution in [0.2, 0.25) is 0 Å². The molecule has 2 aliphatic carbocycles. The highest BCUT2D eigenvalue weighted by Crippen LogP contribution is 2.49. The van der Waals surface area contributed by atoms with Crippen molar-refractivity contribution in [3.63, 3.8) is 0 Å². The van der Waals surface area contributed by atoms with E-state index in [9.17, 15) is 9.59 Å². The molecule has 1 amide bonds. The lowest BCUT2D eigenvalue weighted by atomic mass is 9.84. The number of benzene rings is 1. The molecule has 2 saturated carbocycles. The molecule has 0 aromatic heterocycles. The third kappa shape index (κ3) is 4.53. The number of fused-ring (bicyclic) bond motifs is 2. The quantitative estimate of drug-likeness (QED) is 0.698. The second-order valence-electron chi connectivity index (χ2n) is 8.03. The molecule has 2 bridgehead atoms. The summed E-state index contributed by atoms with van der Waals surface area (Å²) in [6, 6.07) is 11.3. The summed E-state index contributed by atoms with van der Waals surface area (Å²) in [6.45, 7) is 2.54. The highest BCUT2D eigenvalue weighted by molar-refractivity contribution is 5.81. The van der Waals surface area contributed by atoms with Gasteiger partial charge in [0.05, 0.1) is 24.4 Å². The van der Waals surface area contributed by atoms with Crippen LogP contribution >= 0.6 is 0 Å². The fraction of sp³-hybridized carbons (Fsp3) is 0.591. The number of nitrogens with zero attached hydrogens (tertiary/aromatic N) is 2. The zero-order valence-electron chi connectivity index (χ0n) is 16.6. The molecule has 1 N–H and O–H groups in total. The van der Waals surface area contributed by atoms with Gasteiger partial charge in [0.1, 0.15) is 6.61 Å². The monoisotopic (exact) mass is 383 g/mol. The van der Waals surface area contributed by atoms with E-state index in [4.69, 9.17) is 10.00 Å². The van der Waals surface area contributed by atoms with Crippen LogP contribution in [-0.2, 0) is 20.9 Å². The molecule has 150 valence electrons. The Bertz CT molecular complexity index is 730. The maximum absolute atomic E-state index is 12.9. The molecule has 6 heteroatoms. The topological polar surface area (TPSA) is 82.4 Å². The minimum absolute atomic E-state index is 0.0228. The highest BCUT2D eigenvalue weighted by atomic mass is 16.5. The van der Waals surface area contributed by atoms with Crippen LogP contribution < -0.4 is 5.32 Å². The van der Waals surface area contributed by atoms with Gasteiger partial charge < -0.3 is 15.0 Å². The smallest absolute Gasteiger partial charge is 0.311 e. The lowest BCUT2D eigenvalue weighted by molar-refractivity contribution is -0.153. The first-order chi connectivity index (χ1) is 13.5. The van der Waals surface area contributed by atoms with E-state index >= 15 is 0 Å². The summed E-state index contributed by atoms with van der Waals surface area (Å²) in [6.07, 6.45) is 3.49. The molecule has 0 spiro atoms. The summed E-state index contributed by atoms with van der Waals surface area (Å²) in [4.78, 5) is 27.0. The molecular formula is C22H29N3O3. The van der Waals surface area contributed by atoms with Crippen molar-refractivity contribution in [3.05, 3.63) is 35.9 Å². The van der Waals surface area contributed by atoms with E-state index in [0.717, 1.165) is 24.8 Å². The Balaban J connectivity index is 1.60. The minimum atomic E-state index is -0.391. The van der Waals surface area contributed by atoms with Crippen LogP contribution in [0.4, 0.5) is 0 Å². The Kier molecular flexibility index (Phi) is 6.69. The molecule has 0 aliphatic heterocycles. The summed E-state index contributed by atoms with van der Waals surface area (Å²) in [7, 11) is 1.71. The van der Waals surface area contributed by atoms with Gasteiger partial charge >= 0.3 is 5.97 Å². The summed E-state index contributed by atoms with van der Waals surface area (Å²) >= 11 is 0. The van der Waals surface area contributed by atoms with Gasteiger partial charge in [0.25, 0.3) is 0 Å². The number of nitrogens with one attached hydrogen (secondary N) is 1. The van der Waals surface area contributed by atoms with E-state index in [1.54, 1.807) is 11.9 Å². The summed E-state index contributed by atoms with van der Waals surface area (Å²) in [5.74, 6) is 0.353. The van der Waals surface area contributed by atoms with Crippen molar-refractivity contribution < 1.29 is 14.3 Å². The molecule has 2 fully saturated rings. The number of carbonyl (C=O) groups excluding carboxylic acids is 2. The van der Waals surface area contributed by atoms with E-state index < -0.39 is 6.04 Å². The van der Waals surface area contributed by atoms with Gasteiger partial charge in [0.2, 0.25) is 5.91 Å². The normalized spacial score (nSPS) is 26.5. The van der Waals surface area contributed by atoms with Crippen LogP contribution in [0.1, 0.15) is 38.2 Å². The Morgan fingerprint density at radius 1 is 1.29 bits per heavy atom. The van der Waals surface area contributed by atoms with Crippen LogP contribution in [0.3, 0.4) is 0 Å². The number of ether oxygens (including phenoxy) is 1. The third-order valence-electron chi connectivity index (χ3n) is 6.16. The van der Waals surface area contributed by atoms with Gasteiger partial charge in [-0.1, -0.05) is 30.3 Å². The molecule has 3 rings (SSSR count). The van der Waals surface area contributed by atoms with Gasteiger partial charge in [0, 0.05) is 19.6 Å². The molecule has 2 aliphatic rings. The van der Waals surface area contributed by atoms with E-state index in [-0.39, 0.29) is 30.4 Å². The maximum atomic E-state index is 12.9. The van der Waals surface area contributed by atoms with Gasteiger partial charge in [-0.15, -0.1) is 0 Å². The van der Waals surface area contributed by atoms with Crippen LogP contribution in [0.5, 0.6) is 0 Å². The Morgan fingerprint density at radius 2 is 2.00 bits per heavy atom. The number of rotatable bonds is 8. The predicted molar refractivity (Wildman–Crippen MR) is 105 cm³/mol. The SMILES string of the molecule is C[C@H](N[C@H]1[C@H]2CC[C@@H](C2)[C@H]1C(=O)OCc1ccccc1)C(=O)N(C)CCC#N. The van der Waals surface area contributed by atoms with Gasteiger partial charge in [-0.25, -0.2) is 0 Å². The van der Waals surface area contributed by atoms with Crippen LogP contribution in [-0.4, -0.2) is 42.5 Å². The zero-order valence-corrected chi connectivity index (χ0v) is 16.6. The van der Waals surface area contributed by atoms with Crippen molar-refractivity contribution in [3.8, 4) is 6.07 Å². The molecule has 0 unspecified atom stereocenters. The van der Waals surface area contributed by atoms with Gasteiger partial charge in [0.15, 0.2) is 0 Å². The third-order valence-corrected chi connectivity index (χ3v) is 6.16. The van der Waals surface area contributed by atoms with Crippen LogP contribution in [0.25, 0.3) is 0 Å². The highest BCUT2D eigenvalue weighted by Gasteiger charge is 2.52. The molecule has 28 heavy (non-hydrogen) atoms. The molecule has 0 radical (unpaired) electrons. The van der Waals surface area contributed by atoms with E-state index in [1.807, 2.05) is 37.3 Å². The maximum Gasteiger partial charge on any atom is 0.311 e. The average molecular weight is 383 g/mol. The zero-order chi connectivity index (χ0) is 20.1. The van der Waals surface area contributed by atoms with Crippen LogP contribution in [0.15, 0.2) is 30.3 Å². The van der Waals surface area contributed by atoms with Crippen molar-refractivity contribution in [2.45, 2.75) is 51.3 Å². The lowest BCUT2D eigenvalue weighted by Gasteiger charge is -2.33. The van der Waals surface area contributed by atoms with Gasteiger partial charge in [-0.05, 0) is 43.6 Å². The largest absolute Gasteiger partial charge is 0.461 e. The van der Waals surface area contributed by atoms with Gasteiger partial charge in [-0.2, -0.15) is 5.26 Å². The summed E-state index contributed by atoms with van der Waals surface area (Å²) in [5.41, 5.74) is 0.978. The Hall–Kier alpha value is -2.39. The first-order valence-electron chi connectivity index (χ1n) is 10.1.